The molecule has 1 saturated heterocycles. The van der Waals surface area contributed by atoms with Crippen molar-refractivity contribution >= 4 is 44.1 Å². The predicted molar refractivity (Wildman–Crippen MR) is 111 cm³/mol. The van der Waals surface area contributed by atoms with Crippen molar-refractivity contribution < 1.29 is 9.90 Å². The Bertz CT molecular complexity index is 1300. The van der Waals surface area contributed by atoms with E-state index in [1.54, 1.807) is 11.1 Å². The molecule has 2 aromatic heterocycles. The van der Waals surface area contributed by atoms with Crippen LogP contribution in [0.4, 0.5) is 4.79 Å². The molecule has 3 heterocycles. The number of aromatic nitrogens is 4. The van der Waals surface area contributed by atoms with Crippen LogP contribution in [0.25, 0.3) is 33.3 Å². The second-order valence-electron chi connectivity index (χ2n) is 7.75. The van der Waals surface area contributed by atoms with Crippen molar-refractivity contribution in [1.82, 2.24) is 24.8 Å². The summed E-state index contributed by atoms with van der Waals surface area (Å²) < 4.78 is 0.971. The summed E-state index contributed by atoms with van der Waals surface area (Å²) in [5, 5.41) is 9.58. The molecule has 29 heavy (non-hydrogen) atoms. The maximum Gasteiger partial charge on any atom is 0.408 e. The van der Waals surface area contributed by atoms with Crippen LogP contribution in [-0.2, 0) is 0 Å². The van der Waals surface area contributed by atoms with Gasteiger partial charge in [0.2, 0.25) is 0 Å². The molecule has 1 amide bonds. The predicted octanol–water partition coefficient (Wildman–Crippen LogP) is 4.75. The largest absolute Gasteiger partial charge is 0.465 e. The van der Waals surface area contributed by atoms with E-state index in [1.165, 1.54) is 0 Å². The SMILES string of the molecule is O=C(O)N1C(c2nc3ccc(-c4cnc5cc(Br)ccc5n4)cc3[nH]2)CC2CC21. The zero-order valence-electron chi connectivity index (χ0n) is 15.2. The highest BCUT2D eigenvalue weighted by Crippen LogP contribution is 2.53. The minimum atomic E-state index is -0.862. The first-order chi connectivity index (χ1) is 14.1. The van der Waals surface area contributed by atoms with Gasteiger partial charge in [0.1, 0.15) is 5.82 Å². The second-order valence-corrected chi connectivity index (χ2v) is 8.66. The lowest BCUT2D eigenvalue weighted by Crippen LogP contribution is -2.32. The van der Waals surface area contributed by atoms with Crippen LogP contribution in [0.3, 0.4) is 0 Å². The van der Waals surface area contributed by atoms with Gasteiger partial charge >= 0.3 is 6.09 Å². The molecule has 0 radical (unpaired) electrons. The fourth-order valence-corrected chi connectivity index (χ4v) is 4.79. The number of likely N-dealkylation sites (tertiary alicyclic amines) is 1. The van der Waals surface area contributed by atoms with Crippen LogP contribution in [0.15, 0.2) is 47.1 Å². The molecule has 3 atom stereocenters. The number of rotatable bonds is 2. The third-order valence-electron chi connectivity index (χ3n) is 5.94. The van der Waals surface area contributed by atoms with Crippen molar-refractivity contribution in [2.45, 2.75) is 24.9 Å². The fourth-order valence-electron chi connectivity index (χ4n) is 4.45. The highest BCUT2D eigenvalue weighted by molar-refractivity contribution is 9.10. The lowest BCUT2D eigenvalue weighted by molar-refractivity contribution is 0.129. The van der Waals surface area contributed by atoms with Gasteiger partial charge in [0.05, 0.1) is 40.0 Å². The van der Waals surface area contributed by atoms with Crippen LogP contribution < -0.4 is 0 Å². The van der Waals surface area contributed by atoms with E-state index in [-0.39, 0.29) is 12.1 Å². The quantitative estimate of drug-likeness (QED) is 0.460. The summed E-state index contributed by atoms with van der Waals surface area (Å²) in [5.74, 6) is 1.20. The lowest BCUT2D eigenvalue weighted by atomic mass is 10.1. The van der Waals surface area contributed by atoms with Crippen LogP contribution in [-0.4, -0.2) is 42.1 Å². The summed E-state index contributed by atoms with van der Waals surface area (Å²) in [7, 11) is 0. The van der Waals surface area contributed by atoms with E-state index < -0.39 is 6.09 Å². The summed E-state index contributed by atoms with van der Waals surface area (Å²) in [6.45, 7) is 0. The molecule has 0 spiro atoms. The summed E-state index contributed by atoms with van der Waals surface area (Å²) >= 11 is 3.45. The van der Waals surface area contributed by atoms with Crippen molar-refractivity contribution in [3.8, 4) is 11.3 Å². The van der Waals surface area contributed by atoms with Crippen LogP contribution in [0.2, 0.25) is 0 Å². The first kappa shape index (κ1) is 16.9. The monoisotopic (exact) mass is 449 g/mol. The number of imidazole rings is 1. The van der Waals surface area contributed by atoms with Crippen molar-refractivity contribution in [2.24, 2.45) is 5.92 Å². The third kappa shape index (κ3) is 2.70. The van der Waals surface area contributed by atoms with Gasteiger partial charge in [0.25, 0.3) is 0 Å². The Hall–Kier alpha value is -3.00. The Balaban J connectivity index is 1.38. The number of nitrogens with zero attached hydrogens (tertiary/aromatic N) is 4. The standard InChI is InChI=1S/C21H16BrN5O2/c22-12-2-4-13-15(8-12)23-9-17(24-13)10-1-3-14-16(5-10)26-20(25-14)19-7-11-6-18(11)27(19)21(28)29/h1-5,8-9,11,18-19H,6-7H2,(H,25,26)(H,28,29). The normalized spacial score (nSPS) is 22.9. The van der Waals surface area contributed by atoms with Gasteiger partial charge in [-0.1, -0.05) is 22.0 Å². The van der Waals surface area contributed by atoms with E-state index in [0.717, 1.165) is 56.5 Å². The lowest BCUT2D eigenvalue weighted by Gasteiger charge is -2.22. The summed E-state index contributed by atoms with van der Waals surface area (Å²) in [5.41, 5.74) is 5.09. The topological polar surface area (TPSA) is 95.0 Å². The fraction of sp³-hybridized carbons (Fsp3) is 0.238. The summed E-state index contributed by atoms with van der Waals surface area (Å²) in [4.78, 5) is 30.5. The van der Waals surface area contributed by atoms with Crippen LogP contribution >= 0.6 is 15.9 Å². The number of carbonyl (C=O) groups is 1. The third-order valence-corrected chi connectivity index (χ3v) is 6.43. The highest BCUT2D eigenvalue weighted by atomic mass is 79.9. The zero-order valence-corrected chi connectivity index (χ0v) is 16.8. The van der Waals surface area contributed by atoms with Gasteiger partial charge in [-0.05, 0) is 49.1 Å². The molecule has 1 saturated carbocycles. The Labute approximate surface area is 173 Å². The van der Waals surface area contributed by atoms with Crippen LogP contribution in [0, 0.1) is 5.92 Å². The van der Waals surface area contributed by atoms with Gasteiger partial charge in [-0.2, -0.15) is 0 Å². The number of hydrogen-bond donors (Lipinski definition) is 2. The number of aromatic amines is 1. The molecule has 2 aromatic carbocycles. The van der Waals surface area contributed by atoms with Gasteiger partial charge in [-0.3, -0.25) is 9.88 Å². The molecular formula is C21H16BrN5O2. The van der Waals surface area contributed by atoms with Gasteiger partial charge < -0.3 is 10.1 Å². The van der Waals surface area contributed by atoms with Gasteiger partial charge in [-0.15, -0.1) is 0 Å². The van der Waals surface area contributed by atoms with E-state index in [9.17, 15) is 9.90 Å². The zero-order chi connectivity index (χ0) is 19.7. The Morgan fingerprint density at radius 1 is 1.10 bits per heavy atom. The number of carboxylic acid groups (broad SMARTS) is 1. The average Bonchev–Trinajstić information content (AvgIpc) is 3.17. The molecule has 2 aliphatic rings. The molecule has 4 aromatic rings. The van der Waals surface area contributed by atoms with Gasteiger partial charge in [0.15, 0.2) is 0 Å². The number of halogens is 1. The Kier molecular flexibility index (Phi) is 3.50. The van der Waals surface area contributed by atoms with E-state index in [2.05, 4.69) is 30.9 Å². The number of amides is 1. The minimum absolute atomic E-state index is 0.161. The van der Waals surface area contributed by atoms with Crippen LogP contribution in [0.5, 0.6) is 0 Å². The highest BCUT2D eigenvalue weighted by Gasteiger charge is 2.55. The molecule has 0 bridgehead atoms. The molecular weight excluding hydrogens is 434 g/mol. The molecule has 6 rings (SSSR count). The van der Waals surface area contributed by atoms with Gasteiger partial charge in [-0.25, -0.2) is 14.8 Å². The Morgan fingerprint density at radius 2 is 1.97 bits per heavy atom. The van der Waals surface area contributed by atoms with E-state index in [4.69, 9.17) is 4.98 Å². The number of piperidine rings is 1. The maximum atomic E-state index is 11.7. The summed E-state index contributed by atoms with van der Waals surface area (Å²) in [6.07, 6.45) is 2.73. The molecule has 1 aliphatic heterocycles. The molecule has 2 fully saturated rings. The van der Waals surface area contributed by atoms with E-state index in [1.807, 2.05) is 36.4 Å². The van der Waals surface area contributed by atoms with Crippen molar-refractivity contribution in [3.05, 3.63) is 52.9 Å². The number of benzene rings is 2. The maximum absolute atomic E-state index is 11.7. The first-order valence-electron chi connectivity index (χ1n) is 9.50. The molecule has 1 aliphatic carbocycles. The summed E-state index contributed by atoms with van der Waals surface area (Å²) in [6, 6.07) is 11.7. The van der Waals surface area contributed by atoms with Crippen molar-refractivity contribution in [1.29, 1.82) is 0 Å². The van der Waals surface area contributed by atoms with E-state index in [0.29, 0.717) is 5.92 Å². The molecule has 2 N–H and O–H groups in total. The van der Waals surface area contributed by atoms with E-state index >= 15 is 0 Å². The van der Waals surface area contributed by atoms with Gasteiger partial charge in [0, 0.05) is 16.1 Å². The van der Waals surface area contributed by atoms with Crippen molar-refractivity contribution in [2.75, 3.05) is 0 Å². The number of H-pyrrole nitrogens is 1. The number of hydrogen-bond acceptors (Lipinski definition) is 4. The Morgan fingerprint density at radius 3 is 2.83 bits per heavy atom. The average molecular weight is 450 g/mol. The van der Waals surface area contributed by atoms with Crippen molar-refractivity contribution in [3.63, 3.8) is 0 Å². The molecule has 3 unspecified atom stereocenters. The molecule has 7 nitrogen and oxygen atoms in total. The molecule has 144 valence electrons. The number of fused-ring (bicyclic) bond motifs is 3. The minimum Gasteiger partial charge on any atom is -0.465 e. The smallest absolute Gasteiger partial charge is 0.408 e. The second kappa shape index (κ2) is 6.00. The molecule has 8 heteroatoms. The first-order valence-corrected chi connectivity index (χ1v) is 10.3. The number of nitrogens with one attached hydrogen (secondary N) is 1. The van der Waals surface area contributed by atoms with Crippen LogP contribution in [0.1, 0.15) is 24.7 Å².